The number of hydrogen-bond donors (Lipinski definition) is 2. The van der Waals surface area contributed by atoms with E-state index in [1.165, 1.54) is 0 Å². The Labute approximate surface area is 166 Å². The molecule has 4 rings (SSSR count). The fourth-order valence-corrected chi connectivity index (χ4v) is 4.00. The second kappa shape index (κ2) is 7.14. The largest absolute Gasteiger partial charge is 0.340 e. The number of fused-ring (bicyclic) bond motifs is 1. The van der Waals surface area contributed by atoms with E-state index in [0.717, 1.165) is 25.1 Å². The third-order valence-electron chi connectivity index (χ3n) is 5.14. The normalized spacial score (nSPS) is 18.1. The average Bonchev–Trinajstić information content (AvgIpc) is 3.29. The molecule has 2 aromatic heterocycles. The molecule has 0 amide bonds. The molecule has 27 heavy (non-hydrogen) atoms. The van der Waals surface area contributed by atoms with Gasteiger partial charge in [0.05, 0.1) is 12.2 Å². The maximum atomic E-state index is 12.6. The zero-order chi connectivity index (χ0) is 19.1. The van der Waals surface area contributed by atoms with Crippen molar-refractivity contribution in [3.8, 4) is 0 Å². The quantitative estimate of drug-likeness (QED) is 0.696. The number of nitrogens with zero attached hydrogens (tertiary/aromatic N) is 4. The molecule has 1 saturated heterocycles. The van der Waals surface area contributed by atoms with E-state index in [-0.39, 0.29) is 11.7 Å². The van der Waals surface area contributed by atoms with Crippen LogP contribution in [0.4, 0.5) is 5.95 Å². The van der Waals surface area contributed by atoms with Gasteiger partial charge in [-0.05, 0) is 43.7 Å². The molecule has 3 aromatic rings. The fourth-order valence-electron chi connectivity index (χ4n) is 3.54. The first kappa shape index (κ1) is 18.3. The summed E-state index contributed by atoms with van der Waals surface area (Å²) in [5, 5.41) is 4.46. The number of aromatic amines is 1. The number of likely N-dealkylation sites (N-methyl/N-ethyl adjacent to an activating group) is 1. The number of benzene rings is 1. The van der Waals surface area contributed by atoms with Crippen LogP contribution in [0.15, 0.2) is 29.2 Å². The lowest BCUT2D eigenvalue weighted by Gasteiger charge is -2.23. The van der Waals surface area contributed by atoms with Gasteiger partial charge in [0, 0.05) is 29.7 Å². The second-order valence-electron chi connectivity index (χ2n) is 6.81. The van der Waals surface area contributed by atoms with Gasteiger partial charge in [0.25, 0.3) is 0 Å². The van der Waals surface area contributed by atoms with Gasteiger partial charge in [-0.2, -0.15) is 4.98 Å². The second-order valence-corrected chi connectivity index (χ2v) is 7.65. The molecule has 1 aromatic carbocycles. The maximum absolute atomic E-state index is 12.6. The third kappa shape index (κ3) is 3.31. The van der Waals surface area contributed by atoms with Crippen LogP contribution < -0.4 is 15.9 Å². The van der Waals surface area contributed by atoms with E-state index in [2.05, 4.69) is 25.2 Å². The first-order chi connectivity index (χ1) is 13.0. The summed E-state index contributed by atoms with van der Waals surface area (Å²) in [5.74, 6) is 0.591. The molecule has 2 N–H and O–H groups in total. The number of halogens is 2. The van der Waals surface area contributed by atoms with Crippen LogP contribution in [-0.2, 0) is 0 Å². The molecule has 0 radical (unpaired) electrons. The molecule has 2 atom stereocenters. The summed E-state index contributed by atoms with van der Waals surface area (Å²) >= 11 is 12.5. The molecule has 0 spiro atoms. The number of aromatic nitrogens is 4. The summed E-state index contributed by atoms with van der Waals surface area (Å²) in [6.07, 6.45) is 2.69. The Bertz CT molecular complexity index is 1040. The molecule has 0 unspecified atom stereocenters. The maximum Gasteiger partial charge on any atom is 0.328 e. The minimum absolute atomic E-state index is 0.259. The summed E-state index contributed by atoms with van der Waals surface area (Å²) < 4.78 is 1.60. The van der Waals surface area contributed by atoms with E-state index in [9.17, 15) is 4.79 Å². The van der Waals surface area contributed by atoms with E-state index < -0.39 is 0 Å². The van der Waals surface area contributed by atoms with Crippen molar-refractivity contribution in [1.29, 1.82) is 0 Å². The first-order valence-electron chi connectivity index (χ1n) is 8.81. The van der Waals surface area contributed by atoms with Crippen molar-refractivity contribution in [1.82, 2.24) is 24.8 Å². The molecule has 3 heterocycles. The van der Waals surface area contributed by atoms with E-state index in [0.29, 0.717) is 33.2 Å². The number of imidazole rings is 1. The van der Waals surface area contributed by atoms with Gasteiger partial charge in [-0.25, -0.2) is 9.78 Å². The van der Waals surface area contributed by atoms with Crippen molar-refractivity contribution in [2.24, 2.45) is 0 Å². The molecule has 142 valence electrons. The van der Waals surface area contributed by atoms with Crippen LogP contribution in [0, 0.1) is 0 Å². The van der Waals surface area contributed by atoms with Gasteiger partial charge in [0.15, 0.2) is 5.65 Å². The molecular weight excluding hydrogens is 387 g/mol. The Hall–Kier alpha value is -2.09. The van der Waals surface area contributed by atoms with Gasteiger partial charge < -0.3 is 15.2 Å². The minimum atomic E-state index is -0.335. The fraction of sp³-hybridized carbons (Fsp3) is 0.389. The first-order valence-corrected chi connectivity index (χ1v) is 9.57. The lowest BCUT2D eigenvalue weighted by atomic mass is 10.1. The molecule has 7 nitrogen and oxygen atoms in total. The summed E-state index contributed by atoms with van der Waals surface area (Å²) in [7, 11) is 1.98. The lowest BCUT2D eigenvalue weighted by molar-refractivity contribution is 0.627. The van der Waals surface area contributed by atoms with Crippen LogP contribution in [0.1, 0.15) is 24.9 Å². The van der Waals surface area contributed by atoms with Crippen LogP contribution in [0.2, 0.25) is 10.0 Å². The predicted octanol–water partition coefficient (Wildman–Crippen LogP) is 2.83. The number of nitrogens with one attached hydrogen (secondary N) is 2. The SMILES string of the molecule is C[C@H](c1cc(Cl)ccc1Cl)n1c(=O)[nH]c2cnc(N(C)[C@@H]3CCNC3)nc21. The number of rotatable bonds is 4. The van der Waals surface area contributed by atoms with Gasteiger partial charge in [-0.1, -0.05) is 23.2 Å². The van der Waals surface area contributed by atoms with Crippen molar-refractivity contribution in [2.75, 3.05) is 25.0 Å². The van der Waals surface area contributed by atoms with Gasteiger partial charge in [-0.3, -0.25) is 4.57 Å². The molecule has 0 saturated carbocycles. The monoisotopic (exact) mass is 406 g/mol. The molecule has 1 aliphatic heterocycles. The molecule has 0 bridgehead atoms. The van der Waals surface area contributed by atoms with E-state index >= 15 is 0 Å². The zero-order valence-electron chi connectivity index (χ0n) is 15.0. The van der Waals surface area contributed by atoms with Gasteiger partial charge >= 0.3 is 5.69 Å². The van der Waals surface area contributed by atoms with Crippen LogP contribution in [-0.4, -0.2) is 45.7 Å². The zero-order valence-corrected chi connectivity index (χ0v) is 16.6. The Morgan fingerprint density at radius 3 is 2.93 bits per heavy atom. The molecule has 0 aliphatic carbocycles. The number of hydrogen-bond acceptors (Lipinski definition) is 5. The highest BCUT2D eigenvalue weighted by Gasteiger charge is 2.23. The molecule has 1 aliphatic rings. The third-order valence-corrected chi connectivity index (χ3v) is 5.72. The Balaban J connectivity index is 1.80. The summed E-state index contributed by atoms with van der Waals surface area (Å²) in [4.78, 5) is 26.6. The highest BCUT2D eigenvalue weighted by atomic mass is 35.5. The van der Waals surface area contributed by atoms with Crippen LogP contribution in [0.5, 0.6) is 0 Å². The van der Waals surface area contributed by atoms with Crippen molar-refractivity contribution in [3.05, 3.63) is 50.5 Å². The van der Waals surface area contributed by atoms with Gasteiger partial charge in [0.1, 0.15) is 5.52 Å². The van der Waals surface area contributed by atoms with Crippen molar-refractivity contribution in [2.45, 2.75) is 25.4 Å². The van der Waals surface area contributed by atoms with Gasteiger partial charge in [-0.15, -0.1) is 0 Å². The van der Waals surface area contributed by atoms with Crippen LogP contribution in [0.3, 0.4) is 0 Å². The van der Waals surface area contributed by atoms with Crippen molar-refractivity contribution < 1.29 is 0 Å². The van der Waals surface area contributed by atoms with E-state index in [1.807, 2.05) is 14.0 Å². The topological polar surface area (TPSA) is 78.8 Å². The summed E-state index contributed by atoms with van der Waals surface area (Å²) in [6, 6.07) is 5.23. The van der Waals surface area contributed by atoms with Crippen molar-refractivity contribution in [3.63, 3.8) is 0 Å². The number of anilines is 1. The lowest BCUT2D eigenvalue weighted by Crippen LogP contribution is -2.34. The van der Waals surface area contributed by atoms with E-state index in [1.54, 1.807) is 29.0 Å². The van der Waals surface area contributed by atoms with Gasteiger partial charge in [0.2, 0.25) is 5.95 Å². The summed E-state index contributed by atoms with van der Waals surface area (Å²) in [5.41, 5.74) is 1.64. The Morgan fingerprint density at radius 2 is 2.19 bits per heavy atom. The Kier molecular flexibility index (Phi) is 4.84. The Morgan fingerprint density at radius 1 is 1.37 bits per heavy atom. The molecule has 1 fully saturated rings. The predicted molar refractivity (Wildman–Crippen MR) is 108 cm³/mol. The van der Waals surface area contributed by atoms with Crippen LogP contribution >= 0.6 is 23.2 Å². The smallest absolute Gasteiger partial charge is 0.328 e. The van der Waals surface area contributed by atoms with Crippen LogP contribution in [0.25, 0.3) is 11.2 Å². The average molecular weight is 407 g/mol. The number of H-pyrrole nitrogens is 1. The highest BCUT2D eigenvalue weighted by Crippen LogP contribution is 2.29. The minimum Gasteiger partial charge on any atom is -0.340 e. The molecular formula is C18H20Cl2N6O. The molecule has 9 heteroatoms. The highest BCUT2D eigenvalue weighted by molar-refractivity contribution is 6.33. The summed E-state index contributed by atoms with van der Waals surface area (Å²) in [6.45, 7) is 3.78. The van der Waals surface area contributed by atoms with Crippen molar-refractivity contribution >= 4 is 40.3 Å². The standard InChI is InChI=1S/C18H20Cl2N6O/c1-10(13-7-11(19)3-4-14(13)20)26-16-15(23-18(26)27)9-22-17(24-16)25(2)12-5-6-21-8-12/h3-4,7,9-10,12,21H,5-6,8H2,1-2H3,(H,23,27)/t10-,12-/m1/s1. The van der Waals surface area contributed by atoms with E-state index in [4.69, 9.17) is 23.2 Å².